The molecule has 0 unspecified atom stereocenters. The summed E-state index contributed by atoms with van der Waals surface area (Å²) in [6, 6.07) is 34.8. The van der Waals surface area contributed by atoms with Crippen molar-refractivity contribution in [2.45, 2.75) is 170 Å². The first-order chi connectivity index (χ1) is 58.4. The Bertz CT molecular complexity index is 5570. The summed E-state index contributed by atoms with van der Waals surface area (Å²) in [5.41, 5.74) is 34.2. The number of pyridine rings is 3. The van der Waals surface area contributed by atoms with Crippen LogP contribution in [-0.2, 0) is 91.3 Å². The van der Waals surface area contributed by atoms with Crippen LogP contribution in [0.5, 0.6) is 23.0 Å². The maximum Gasteiger partial charge on any atom is 0.524 e. The Morgan fingerprint density at radius 3 is 1.13 bits per heavy atom. The monoisotopic (exact) mass is 1870 g/mol. The van der Waals surface area contributed by atoms with Gasteiger partial charge in [-0.3, -0.25) is 24.2 Å². The molecule has 6 heterocycles. The molecule has 32 heteroatoms. The predicted octanol–water partition coefficient (Wildman–Crippen LogP) is 15.4. The lowest BCUT2D eigenvalue weighted by molar-refractivity contribution is -0.119. The molecule has 12 rings (SSSR count). The summed E-state index contributed by atoms with van der Waals surface area (Å²) in [5, 5.41) is 43.0. The maximum atomic E-state index is 11.4. The fraction of sp³-hybridized carbons (Fsp3) is 0.427. The second-order valence-corrected chi connectivity index (χ2v) is 32.9. The van der Waals surface area contributed by atoms with Crippen molar-refractivity contribution >= 4 is 157 Å². The number of aromatic nitrogens is 9. The number of nitrogens with two attached hydrogens (primary N) is 3. The van der Waals surface area contributed by atoms with Gasteiger partial charge in [-0.2, -0.15) is 0 Å². The van der Waals surface area contributed by atoms with Gasteiger partial charge in [-0.05, 0) is 184 Å². The lowest BCUT2D eigenvalue weighted by Gasteiger charge is -2.14. The summed E-state index contributed by atoms with van der Waals surface area (Å²) in [4.78, 5) is 81.0. The van der Waals surface area contributed by atoms with E-state index in [0.29, 0.717) is 140 Å². The lowest BCUT2D eigenvalue weighted by Crippen LogP contribution is -2.26. The summed E-state index contributed by atoms with van der Waals surface area (Å²) in [6.07, 6.45) is 16.0. The normalized spacial score (nSPS) is 11.6. The van der Waals surface area contributed by atoms with Crippen molar-refractivity contribution in [3.8, 4) is 23.0 Å². The van der Waals surface area contributed by atoms with Crippen LogP contribution >= 0.6 is 55.6 Å². The van der Waals surface area contributed by atoms with Crippen LogP contribution in [0, 0.1) is 13.8 Å². The fourth-order valence-electron chi connectivity index (χ4n) is 14.5. The van der Waals surface area contributed by atoms with E-state index < -0.39 is 7.82 Å². The summed E-state index contributed by atoms with van der Waals surface area (Å²) >= 11 is 9.40. The van der Waals surface area contributed by atoms with E-state index >= 15 is 0 Å². The van der Waals surface area contributed by atoms with Crippen LogP contribution in [0.1, 0.15) is 160 Å². The Labute approximate surface area is 730 Å². The number of amides is 3. The van der Waals surface area contributed by atoms with E-state index in [1.807, 2.05) is 43.3 Å². The van der Waals surface area contributed by atoms with Gasteiger partial charge in [0.1, 0.15) is 45.5 Å². The Hall–Kier alpha value is -9.56. The van der Waals surface area contributed by atoms with Gasteiger partial charge in [0.05, 0.1) is 55.6 Å². The number of aromatic hydroxyl groups is 3. The molecule has 3 amide bonds. The quantitative estimate of drug-likeness (QED) is 0.00731. The van der Waals surface area contributed by atoms with Gasteiger partial charge < -0.3 is 80.9 Å². The number of anilines is 3. The molecule has 0 aliphatic carbocycles. The van der Waals surface area contributed by atoms with Gasteiger partial charge >= 0.3 is 7.82 Å². The minimum absolute atomic E-state index is 0.00587. The SMILES string of the molecule is CCCCc1nc2c(N)nc3ccc(CCCOCCCNC(=O)CBr)cc3c2n1Cc1ccc(O)c(C)c1.CCCCc1nc2c(N)nc3ccc(CCCOCCCNC(=O)CBr)cc3c2n1Cc1ccc(OP(=O)(O)O)c(C)c1.CCCCc1nc2c(N)nc3ccc(CCCOCCCNC(=O)CBr)cc3c2n1Cc1cccc(O)c1O. The number of halogens is 3. The molecule has 0 saturated heterocycles. The van der Waals surface area contributed by atoms with E-state index in [-0.39, 0.29) is 35.0 Å². The van der Waals surface area contributed by atoms with Gasteiger partial charge in [0.25, 0.3) is 0 Å². The number of aryl methyl sites for hydroxylation is 8. The van der Waals surface area contributed by atoms with Gasteiger partial charge in [-0.25, -0.2) is 34.5 Å². The molecule has 0 saturated carbocycles. The highest BCUT2D eigenvalue weighted by atomic mass is 79.9. The van der Waals surface area contributed by atoms with Gasteiger partial charge in [0.15, 0.2) is 29.0 Å². The number of nitrogen functional groups attached to an aromatic ring is 3. The highest BCUT2D eigenvalue weighted by Crippen LogP contribution is 2.41. The number of nitrogens with zero attached hydrogens (tertiary/aromatic N) is 9. The number of carbonyl (C=O) groups excluding carboxylic acids is 3. The number of phenolic OH excluding ortho intramolecular Hbond substituents is 3. The van der Waals surface area contributed by atoms with Crippen LogP contribution in [0.3, 0.4) is 0 Å². The van der Waals surface area contributed by atoms with Gasteiger partial charge in [0, 0.05) is 113 Å². The number of para-hydroxylation sites is 1. The number of nitrogens with one attached hydrogen (secondary N) is 3. The summed E-state index contributed by atoms with van der Waals surface area (Å²) in [7, 11) is -4.66. The first kappa shape index (κ1) is 93.7. The largest absolute Gasteiger partial charge is 0.524 e. The average molecular weight is 1870 g/mol. The van der Waals surface area contributed by atoms with E-state index in [2.05, 4.69) is 150 Å². The van der Waals surface area contributed by atoms with Crippen molar-refractivity contribution in [2.24, 2.45) is 0 Å². The second kappa shape index (κ2) is 46.6. The van der Waals surface area contributed by atoms with Crippen molar-refractivity contribution < 1.29 is 62.8 Å². The summed E-state index contributed by atoms with van der Waals surface area (Å²) in [6.45, 7) is 17.2. The van der Waals surface area contributed by atoms with Crippen molar-refractivity contribution in [1.82, 2.24) is 59.6 Å². The van der Waals surface area contributed by atoms with Gasteiger partial charge in [0.2, 0.25) is 17.7 Å². The highest BCUT2D eigenvalue weighted by Gasteiger charge is 2.25. The summed E-state index contributed by atoms with van der Waals surface area (Å²) < 4.78 is 40.0. The van der Waals surface area contributed by atoms with E-state index in [1.54, 1.807) is 37.3 Å². The Morgan fingerprint density at radius 1 is 0.421 bits per heavy atom. The summed E-state index contributed by atoms with van der Waals surface area (Å²) in [5.74, 6) is 4.13. The van der Waals surface area contributed by atoms with E-state index in [1.165, 1.54) is 11.6 Å². The molecule has 0 fully saturated rings. The number of ether oxygens (including phenoxy) is 3. The third kappa shape index (κ3) is 26.5. The number of benzene rings is 6. The molecule has 121 heavy (non-hydrogen) atoms. The lowest BCUT2D eigenvalue weighted by atomic mass is 10.1. The second-order valence-electron chi connectivity index (χ2n) is 30.0. The Balaban J connectivity index is 0.000000191. The molecule has 14 N–H and O–H groups in total. The molecule has 0 atom stereocenters. The maximum absolute atomic E-state index is 11.4. The van der Waals surface area contributed by atoms with E-state index in [0.717, 1.165) is 216 Å². The fourth-order valence-corrected chi connectivity index (χ4v) is 15.5. The van der Waals surface area contributed by atoms with Gasteiger partial charge in [-0.15, -0.1) is 0 Å². The number of phosphoric ester groups is 1. The molecule has 6 aromatic carbocycles. The number of imidazole rings is 3. The van der Waals surface area contributed by atoms with Crippen molar-refractivity contribution in [1.29, 1.82) is 0 Å². The standard InChI is InChI=1S/C30H39BrN5O6P.C30H38BrN5O3.C29H36BrN5O4/c1-3-4-8-26-35-28-29(36(26)19-22-10-12-25(20(2)16-22)42-43(38,39)40)23-17-21(9-11-24(23)34-30(28)32)7-5-14-41-15-6-13-33-27(37)18-31;1-3-4-8-26-35-28-29(36(26)19-22-10-12-25(37)20(2)16-22)23-17-21(9-11-24(23)34-30(28)32)7-5-14-39-15-6-13-33-27(38)18-31;1-2-3-10-24-34-26-27(35(24)18-20-8-4-9-23(36)28(20)38)21-16-19(11-12-22(21)33-29(26)31)7-5-14-39-15-6-13-32-25(37)17-30/h9-12,16-17H,3-8,13-15,18-19H2,1-2H3,(H2,32,34)(H,33,37)(H2,38,39,40);9-12,16-17,37H,3-8,13-15,18-19H2,1-2H3,(H2,32,34)(H,33,38);4,8-9,11-12,16,36,38H,2-3,5-7,10,13-15,17-18H2,1H3,(H2,31,33)(H,32,37). The predicted molar refractivity (Wildman–Crippen MR) is 490 cm³/mol. The van der Waals surface area contributed by atoms with Crippen LogP contribution in [-0.4, -0.2) is 162 Å². The van der Waals surface area contributed by atoms with Crippen molar-refractivity contribution in [3.63, 3.8) is 0 Å². The van der Waals surface area contributed by atoms with Crippen molar-refractivity contribution in [2.75, 3.05) is 92.5 Å². The molecule has 12 aromatic rings. The first-order valence-corrected chi connectivity index (χ1v) is 46.4. The smallest absolute Gasteiger partial charge is 0.508 e. The molecular formula is C89H113Br3N15O13P. The minimum Gasteiger partial charge on any atom is -0.508 e. The zero-order chi connectivity index (χ0) is 86.5. The zero-order valence-corrected chi connectivity index (χ0v) is 75.2. The number of phosphoric acid groups is 1. The number of phenols is 3. The highest BCUT2D eigenvalue weighted by molar-refractivity contribution is 9.09. The molecule has 0 aliphatic rings. The number of fused-ring (bicyclic) bond motifs is 9. The number of alkyl halides is 3. The average Bonchev–Trinajstić information content (AvgIpc) is 1.62. The molecule has 648 valence electrons. The van der Waals surface area contributed by atoms with Crippen LogP contribution < -0.4 is 37.7 Å². The van der Waals surface area contributed by atoms with Crippen LogP contribution in [0.2, 0.25) is 0 Å². The Kier molecular flexibility index (Phi) is 36.1. The number of carbonyl (C=O) groups is 3. The number of unbranched alkanes of at least 4 members (excludes halogenated alkanes) is 3. The topological polar surface area (TPSA) is 413 Å². The molecule has 6 aromatic heterocycles. The zero-order valence-electron chi connectivity index (χ0n) is 69.6. The van der Waals surface area contributed by atoms with Crippen LogP contribution in [0.25, 0.3) is 65.8 Å². The first-order valence-electron chi connectivity index (χ1n) is 41.5. The molecule has 0 bridgehead atoms. The molecule has 0 spiro atoms. The van der Waals surface area contributed by atoms with Crippen molar-refractivity contribution in [3.05, 3.63) is 171 Å². The van der Waals surface area contributed by atoms with Crippen LogP contribution in [0.15, 0.2) is 109 Å². The number of hydrogen-bond donors (Lipinski definition) is 11. The minimum atomic E-state index is -4.66. The molecule has 0 radical (unpaired) electrons. The van der Waals surface area contributed by atoms with E-state index in [9.17, 15) is 44.1 Å². The van der Waals surface area contributed by atoms with Gasteiger partial charge in [-0.1, -0.05) is 142 Å². The van der Waals surface area contributed by atoms with Crippen LogP contribution in [0.4, 0.5) is 17.5 Å². The van der Waals surface area contributed by atoms with E-state index in [4.69, 9.17) is 50.9 Å². The Morgan fingerprint density at radius 2 is 0.777 bits per heavy atom. The third-order valence-electron chi connectivity index (χ3n) is 20.6. The molecular weight excluding hydrogens is 1760 g/mol. The number of rotatable bonds is 44. The number of hydrogen-bond acceptors (Lipinski definition) is 20. The molecule has 28 nitrogen and oxygen atoms in total. The third-order valence-corrected chi connectivity index (χ3v) is 22.6. The molecule has 0 aliphatic heterocycles.